The van der Waals surface area contributed by atoms with Crippen LogP contribution in [0.2, 0.25) is 5.02 Å². The van der Waals surface area contributed by atoms with Crippen LogP contribution in [0.3, 0.4) is 0 Å². The number of nitrogens with zero attached hydrogens (tertiary/aromatic N) is 2. The summed E-state index contributed by atoms with van der Waals surface area (Å²) in [6, 6.07) is 7.57. The number of carbonyl (C=O) groups excluding carboxylic acids is 2. The minimum Gasteiger partial charge on any atom is -0.508 e. The number of phenols is 1. The predicted molar refractivity (Wildman–Crippen MR) is 76.0 cm³/mol. The maximum absolute atomic E-state index is 12.3. The molecule has 1 aliphatic carbocycles. The van der Waals surface area contributed by atoms with Crippen molar-refractivity contribution in [2.75, 3.05) is 0 Å². The second-order valence-electron chi connectivity index (χ2n) is 4.77. The topological polar surface area (TPSA) is 71.7 Å². The fourth-order valence-corrected chi connectivity index (χ4v) is 2.74. The minimum absolute atomic E-state index is 0.0111. The number of Topliss-reactive ketones (excluding diaryl/α,β-unsaturated/α-hetero) is 2. The van der Waals surface area contributed by atoms with Crippen LogP contribution in [0.5, 0.6) is 5.75 Å². The molecular formula is C15H7ClN2O3. The molecule has 0 atom stereocenters. The van der Waals surface area contributed by atoms with E-state index in [1.54, 1.807) is 18.3 Å². The fourth-order valence-electron chi connectivity index (χ4n) is 2.58. The van der Waals surface area contributed by atoms with E-state index in [0.29, 0.717) is 21.9 Å². The van der Waals surface area contributed by atoms with Gasteiger partial charge in [-0.1, -0.05) is 11.6 Å². The van der Waals surface area contributed by atoms with E-state index >= 15 is 0 Å². The Kier molecular flexibility index (Phi) is 2.26. The van der Waals surface area contributed by atoms with E-state index in [-0.39, 0.29) is 17.0 Å². The highest BCUT2D eigenvalue weighted by atomic mass is 35.5. The van der Waals surface area contributed by atoms with Crippen LogP contribution in [-0.4, -0.2) is 26.1 Å². The van der Waals surface area contributed by atoms with Crippen LogP contribution < -0.4 is 0 Å². The number of rotatable bonds is 0. The lowest BCUT2D eigenvalue weighted by Crippen LogP contribution is -2.22. The smallest absolute Gasteiger partial charge is 0.252 e. The van der Waals surface area contributed by atoms with Crippen LogP contribution in [0.15, 0.2) is 36.5 Å². The van der Waals surface area contributed by atoms with Crippen LogP contribution in [0.1, 0.15) is 20.8 Å². The molecule has 0 aliphatic heterocycles. The van der Waals surface area contributed by atoms with Gasteiger partial charge >= 0.3 is 0 Å². The summed E-state index contributed by atoms with van der Waals surface area (Å²) in [6.07, 6.45) is 1.54. The van der Waals surface area contributed by atoms with E-state index in [9.17, 15) is 14.7 Å². The number of pyridine rings is 1. The first-order valence-corrected chi connectivity index (χ1v) is 6.54. The summed E-state index contributed by atoms with van der Waals surface area (Å²) in [4.78, 5) is 28.9. The number of hydrogen-bond acceptors (Lipinski definition) is 4. The lowest BCUT2D eigenvalue weighted by molar-refractivity contribution is 0.0812. The number of aromatic hydroxyl groups is 1. The van der Waals surface area contributed by atoms with Gasteiger partial charge in [-0.15, -0.1) is 0 Å². The molecule has 21 heavy (non-hydrogen) atoms. The van der Waals surface area contributed by atoms with E-state index in [1.807, 2.05) is 0 Å². The highest BCUT2D eigenvalue weighted by molar-refractivity contribution is 6.52. The number of phenolic OH excluding ortho intramolecular Hbond substituents is 1. The molecule has 6 heteroatoms. The van der Waals surface area contributed by atoms with Crippen molar-refractivity contribution in [1.29, 1.82) is 0 Å². The third kappa shape index (κ3) is 1.55. The van der Waals surface area contributed by atoms with Gasteiger partial charge in [0.2, 0.25) is 5.78 Å². The Bertz CT molecular complexity index is 959. The Morgan fingerprint density at radius 3 is 2.67 bits per heavy atom. The van der Waals surface area contributed by atoms with Crippen molar-refractivity contribution in [3.63, 3.8) is 0 Å². The molecule has 1 aliphatic rings. The lowest BCUT2D eigenvalue weighted by Gasteiger charge is -2.13. The van der Waals surface area contributed by atoms with E-state index < -0.39 is 11.6 Å². The molecule has 4 rings (SSSR count). The summed E-state index contributed by atoms with van der Waals surface area (Å²) in [5, 5.41) is 10.1. The molecule has 0 saturated carbocycles. The molecule has 102 valence electrons. The SMILES string of the molecule is O=C1C(=O)c2c(nc3ccc(Cl)cn23)-c2cc(O)ccc21. The molecule has 2 aromatic heterocycles. The third-order valence-corrected chi connectivity index (χ3v) is 3.73. The summed E-state index contributed by atoms with van der Waals surface area (Å²) >= 11 is 5.94. The van der Waals surface area contributed by atoms with E-state index in [1.165, 1.54) is 22.6 Å². The Labute approximate surface area is 123 Å². The lowest BCUT2D eigenvalue weighted by atomic mass is 9.90. The summed E-state index contributed by atoms with van der Waals surface area (Å²) in [7, 11) is 0. The average Bonchev–Trinajstić information content (AvgIpc) is 2.83. The summed E-state index contributed by atoms with van der Waals surface area (Å²) < 4.78 is 1.50. The maximum atomic E-state index is 12.3. The molecule has 0 fully saturated rings. The molecule has 0 radical (unpaired) electrons. The Balaban J connectivity index is 2.17. The quantitative estimate of drug-likeness (QED) is 0.648. The van der Waals surface area contributed by atoms with Gasteiger partial charge in [-0.3, -0.25) is 14.0 Å². The van der Waals surface area contributed by atoms with Crippen molar-refractivity contribution >= 4 is 28.8 Å². The molecule has 5 nitrogen and oxygen atoms in total. The van der Waals surface area contributed by atoms with Gasteiger partial charge in [0, 0.05) is 17.3 Å². The number of halogens is 1. The van der Waals surface area contributed by atoms with Crippen molar-refractivity contribution in [3.05, 3.63) is 52.8 Å². The number of benzene rings is 1. The fraction of sp³-hybridized carbons (Fsp3) is 0. The van der Waals surface area contributed by atoms with E-state index in [2.05, 4.69) is 4.98 Å². The van der Waals surface area contributed by atoms with Crippen LogP contribution in [0.25, 0.3) is 16.9 Å². The van der Waals surface area contributed by atoms with Gasteiger partial charge in [-0.2, -0.15) is 0 Å². The molecule has 0 amide bonds. The van der Waals surface area contributed by atoms with Gasteiger partial charge in [0.1, 0.15) is 22.8 Å². The van der Waals surface area contributed by atoms with Crippen LogP contribution in [-0.2, 0) is 0 Å². The second-order valence-corrected chi connectivity index (χ2v) is 5.21. The highest BCUT2D eigenvalue weighted by Crippen LogP contribution is 2.35. The molecule has 0 spiro atoms. The van der Waals surface area contributed by atoms with Gasteiger partial charge in [0.15, 0.2) is 0 Å². The van der Waals surface area contributed by atoms with Gasteiger partial charge in [0.05, 0.1) is 5.02 Å². The first kappa shape index (κ1) is 12.1. The summed E-state index contributed by atoms with van der Waals surface area (Å²) in [5.41, 5.74) is 1.78. The second kappa shape index (κ2) is 3.93. The molecule has 3 aromatic rings. The number of fused-ring (bicyclic) bond motifs is 5. The molecule has 0 bridgehead atoms. The van der Waals surface area contributed by atoms with Crippen molar-refractivity contribution in [2.45, 2.75) is 0 Å². The van der Waals surface area contributed by atoms with Crippen LogP contribution in [0.4, 0.5) is 0 Å². The molecule has 2 heterocycles. The minimum atomic E-state index is -0.627. The largest absolute Gasteiger partial charge is 0.508 e. The zero-order valence-electron chi connectivity index (χ0n) is 10.5. The normalized spacial score (nSPS) is 13.4. The Hall–Kier alpha value is -2.66. The number of hydrogen-bond donors (Lipinski definition) is 1. The predicted octanol–water partition coefficient (Wildman–Crippen LogP) is 2.74. The molecule has 0 unspecified atom stereocenters. The number of carbonyl (C=O) groups is 2. The van der Waals surface area contributed by atoms with Gasteiger partial charge in [-0.05, 0) is 30.3 Å². The van der Waals surface area contributed by atoms with Gasteiger partial charge in [-0.25, -0.2) is 4.98 Å². The summed E-state index contributed by atoms with van der Waals surface area (Å²) in [5.74, 6) is -1.23. The maximum Gasteiger partial charge on any atom is 0.252 e. The Morgan fingerprint density at radius 1 is 1.05 bits per heavy atom. The first-order valence-electron chi connectivity index (χ1n) is 6.16. The molecular weight excluding hydrogens is 292 g/mol. The van der Waals surface area contributed by atoms with Crippen molar-refractivity contribution < 1.29 is 14.7 Å². The number of ketones is 2. The van der Waals surface area contributed by atoms with Crippen molar-refractivity contribution in [1.82, 2.24) is 9.38 Å². The molecule has 0 saturated heterocycles. The Morgan fingerprint density at radius 2 is 1.86 bits per heavy atom. The van der Waals surface area contributed by atoms with Crippen molar-refractivity contribution in [2.24, 2.45) is 0 Å². The van der Waals surface area contributed by atoms with E-state index in [0.717, 1.165) is 0 Å². The monoisotopic (exact) mass is 298 g/mol. The summed E-state index contributed by atoms with van der Waals surface area (Å²) in [6.45, 7) is 0. The van der Waals surface area contributed by atoms with Crippen LogP contribution in [0, 0.1) is 0 Å². The molecule has 1 aromatic carbocycles. The number of aromatic nitrogens is 2. The zero-order valence-corrected chi connectivity index (χ0v) is 11.3. The third-order valence-electron chi connectivity index (χ3n) is 3.51. The van der Waals surface area contributed by atoms with Crippen LogP contribution >= 0.6 is 11.6 Å². The highest BCUT2D eigenvalue weighted by Gasteiger charge is 2.34. The van der Waals surface area contributed by atoms with Gasteiger partial charge in [0.25, 0.3) is 5.78 Å². The number of imidazole rings is 1. The van der Waals surface area contributed by atoms with Gasteiger partial charge < -0.3 is 5.11 Å². The standard InChI is InChI=1S/C15H7ClN2O3/c16-7-1-4-11-17-12-10-5-8(19)2-3-9(10)14(20)15(21)13(12)18(11)6-7/h1-6,19H. The van der Waals surface area contributed by atoms with Crippen molar-refractivity contribution in [3.8, 4) is 17.0 Å². The van der Waals surface area contributed by atoms with E-state index in [4.69, 9.17) is 11.6 Å². The molecule has 1 N–H and O–H groups in total. The zero-order chi connectivity index (χ0) is 14.7. The first-order chi connectivity index (χ1) is 10.1. The average molecular weight is 299 g/mol.